The van der Waals surface area contributed by atoms with Crippen molar-refractivity contribution in [1.29, 1.82) is 0 Å². The predicted octanol–water partition coefficient (Wildman–Crippen LogP) is 2.74. The summed E-state index contributed by atoms with van der Waals surface area (Å²) in [6.45, 7) is 0. The summed E-state index contributed by atoms with van der Waals surface area (Å²) in [5.41, 5.74) is 2.39. The quantitative estimate of drug-likeness (QED) is 0.800. The Kier molecular flexibility index (Phi) is 2.99. The van der Waals surface area contributed by atoms with Crippen LogP contribution in [0.1, 0.15) is 41.2 Å². The van der Waals surface area contributed by atoms with Gasteiger partial charge in [0.05, 0.1) is 23.7 Å². The molecule has 2 aromatic rings. The summed E-state index contributed by atoms with van der Waals surface area (Å²) in [4.78, 5) is 28.3. The maximum Gasteiger partial charge on any atom is 0.161 e. The molecule has 0 radical (unpaired) electrons. The van der Waals surface area contributed by atoms with Crippen LogP contribution in [-0.4, -0.2) is 27.6 Å². The second-order valence-corrected chi connectivity index (χ2v) is 5.74. The van der Waals surface area contributed by atoms with E-state index in [2.05, 4.69) is 10.1 Å². The van der Waals surface area contributed by atoms with Crippen LogP contribution in [0.2, 0.25) is 0 Å². The van der Waals surface area contributed by atoms with E-state index in [1.165, 1.54) is 6.20 Å². The zero-order chi connectivity index (χ0) is 15.1. The van der Waals surface area contributed by atoms with Crippen molar-refractivity contribution < 1.29 is 9.59 Å². The van der Waals surface area contributed by atoms with Crippen molar-refractivity contribution >= 4 is 23.6 Å². The lowest BCUT2D eigenvalue weighted by Crippen LogP contribution is -2.39. The SMILES string of the molecule is O=Cc1cnn2c1N=C1CCCC(=O)C1C2c1ccccc1. The number of rotatable bonds is 2. The van der Waals surface area contributed by atoms with Crippen molar-refractivity contribution in [2.24, 2.45) is 10.9 Å². The lowest BCUT2D eigenvalue weighted by molar-refractivity contribution is -0.122. The molecule has 0 spiro atoms. The number of fused-ring (bicyclic) bond motifs is 2. The lowest BCUT2D eigenvalue weighted by atomic mass is 9.77. The molecule has 1 aliphatic carbocycles. The summed E-state index contributed by atoms with van der Waals surface area (Å²) in [5, 5.41) is 4.34. The number of aldehydes is 1. The largest absolute Gasteiger partial charge is 0.299 e. The zero-order valence-electron chi connectivity index (χ0n) is 12.0. The number of nitrogens with zero attached hydrogens (tertiary/aromatic N) is 3. The van der Waals surface area contributed by atoms with Crippen molar-refractivity contribution in [1.82, 2.24) is 9.78 Å². The van der Waals surface area contributed by atoms with Crippen LogP contribution in [0.5, 0.6) is 0 Å². The second-order valence-electron chi connectivity index (χ2n) is 5.74. The molecular weight excluding hydrogens is 278 g/mol. The van der Waals surface area contributed by atoms with Gasteiger partial charge in [0.25, 0.3) is 0 Å². The number of Topliss-reactive ketones (excluding diaryl/α,β-unsaturated/α-hetero) is 1. The molecule has 2 unspecified atom stereocenters. The second kappa shape index (κ2) is 5.02. The molecule has 5 heteroatoms. The Bertz CT molecular complexity index is 776. The lowest BCUT2D eigenvalue weighted by Gasteiger charge is -2.34. The Morgan fingerprint density at radius 3 is 2.77 bits per heavy atom. The highest BCUT2D eigenvalue weighted by Crippen LogP contribution is 2.41. The summed E-state index contributed by atoms with van der Waals surface area (Å²) < 4.78 is 1.73. The number of benzene rings is 1. The molecule has 1 saturated carbocycles. The monoisotopic (exact) mass is 293 g/mol. The van der Waals surface area contributed by atoms with Gasteiger partial charge in [-0.15, -0.1) is 0 Å². The third-order valence-electron chi connectivity index (χ3n) is 4.46. The fourth-order valence-corrected chi connectivity index (χ4v) is 3.46. The van der Waals surface area contributed by atoms with Gasteiger partial charge >= 0.3 is 0 Å². The first-order valence-electron chi connectivity index (χ1n) is 7.47. The van der Waals surface area contributed by atoms with Gasteiger partial charge < -0.3 is 0 Å². The van der Waals surface area contributed by atoms with E-state index in [1.54, 1.807) is 4.68 Å². The van der Waals surface area contributed by atoms with Crippen LogP contribution in [0.3, 0.4) is 0 Å². The Hall–Kier alpha value is -2.56. The number of carbonyl (C=O) groups excluding carboxylic acids is 2. The van der Waals surface area contributed by atoms with Crippen LogP contribution < -0.4 is 0 Å². The topological polar surface area (TPSA) is 64.3 Å². The highest BCUT2D eigenvalue weighted by Gasteiger charge is 2.41. The molecule has 2 aliphatic rings. The standard InChI is InChI=1S/C17H15N3O2/c21-10-12-9-18-20-16(11-5-2-1-3-6-11)15-13(19-17(12)20)7-4-8-14(15)22/h1-3,5-6,9-10,15-16H,4,7-8H2. The third kappa shape index (κ3) is 1.85. The van der Waals surface area contributed by atoms with Crippen LogP contribution >= 0.6 is 0 Å². The molecule has 0 bridgehead atoms. The molecule has 1 fully saturated rings. The predicted molar refractivity (Wildman–Crippen MR) is 81.6 cm³/mol. The minimum Gasteiger partial charge on any atom is -0.299 e. The van der Waals surface area contributed by atoms with E-state index < -0.39 is 0 Å². The fourth-order valence-electron chi connectivity index (χ4n) is 3.46. The van der Waals surface area contributed by atoms with Crippen LogP contribution in [0.4, 0.5) is 5.82 Å². The fraction of sp³-hybridized carbons (Fsp3) is 0.294. The average Bonchev–Trinajstić information content (AvgIpc) is 2.96. The molecule has 1 aromatic heterocycles. The van der Waals surface area contributed by atoms with Crippen LogP contribution in [-0.2, 0) is 4.79 Å². The minimum atomic E-state index is -0.261. The maximum absolute atomic E-state index is 12.5. The summed E-state index contributed by atoms with van der Waals surface area (Å²) in [7, 11) is 0. The van der Waals surface area contributed by atoms with Gasteiger partial charge in [0.2, 0.25) is 0 Å². The molecule has 0 saturated heterocycles. The number of hydrogen-bond acceptors (Lipinski definition) is 4. The molecule has 2 atom stereocenters. The molecule has 4 rings (SSSR count). The minimum absolute atomic E-state index is 0.204. The van der Waals surface area contributed by atoms with Crippen molar-refractivity contribution in [3.63, 3.8) is 0 Å². The molecule has 0 amide bonds. The van der Waals surface area contributed by atoms with E-state index in [9.17, 15) is 9.59 Å². The molecule has 110 valence electrons. The van der Waals surface area contributed by atoms with Crippen LogP contribution in [0.15, 0.2) is 41.5 Å². The first-order valence-corrected chi connectivity index (χ1v) is 7.47. The van der Waals surface area contributed by atoms with Gasteiger partial charge in [-0.1, -0.05) is 30.3 Å². The molecule has 0 N–H and O–H groups in total. The number of aliphatic imine (C=N–C) groups is 1. The highest BCUT2D eigenvalue weighted by atomic mass is 16.1. The number of ketones is 1. The molecule has 1 aromatic carbocycles. The van der Waals surface area contributed by atoms with Gasteiger partial charge in [-0.25, -0.2) is 9.67 Å². The molecular formula is C17H15N3O2. The summed E-state index contributed by atoms with van der Waals surface area (Å²) in [5.74, 6) is 0.528. The Labute approximate surface area is 127 Å². The van der Waals surface area contributed by atoms with E-state index in [0.717, 1.165) is 30.4 Å². The Morgan fingerprint density at radius 1 is 1.18 bits per heavy atom. The van der Waals surface area contributed by atoms with E-state index in [1.807, 2.05) is 30.3 Å². The van der Waals surface area contributed by atoms with E-state index in [4.69, 9.17) is 0 Å². The van der Waals surface area contributed by atoms with E-state index >= 15 is 0 Å². The third-order valence-corrected chi connectivity index (χ3v) is 4.46. The first-order chi connectivity index (χ1) is 10.8. The molecule has 5 nitrogen and oxygen atoms in total. The number of hydrogen-bond donors (Lipinski definition) is 0. The van der Waals surface area contributed by atoms with Gasteiger partial charge in [0.15, 0.2) is 12.1 Å². The van der Waals surface area contributed by atoms with E-state index in [0.29, 0.717) is 17.8 Å². The van der Waals surface area contributed by atoms with Gasteiger partial charge in [-0.3, -0.25) is 9.59 Å². The molecule has 22 heavy (non-hydrogen) atoms. The summed E-state index contributed by atoms with van der Waals surface area (Å²) in [6.07, 6.45) is 4.54. The van der Waals surface area contributed by atoms with Crippen molar-refractivity contribution in [2.75, 3.05) is 0 Å². The zero-order valence-corrected chi connectivity index (χ0v) is 12.0. The average molecular weight is 293 g/mol. The maximum atomic E-state index is 12.5. The van der Waals surface area contributed by atoms with E-state index in [-0.39, 0.29) is 17.7 Å². The Balaban J connectivity index is 1.94. The van der Waals surface area contributed by atoms with Crippen LogP contribution in [0, 0.1) is 5.92 Å². The highest BCUT2D eigenvalue weighted by molar-refractivity contribution is 6.09. The smallest absolute Gasteiger partial charge is 0.161 e. The Morgan fingerprint density at radius 2 is 2.00 bits per heavy atom. The van der Waals surface area contributed by atoms with Gasteiger partial charge in [0.1, 0.15) is 5.78 Å². The van der Waals surface area contributed by atoms with Crippen molar-refractivity contribution in [3.05, 3.63) is 47.7 Å². The van der Waals surface area contributed by atoms with Gasteiger partial charge in [-0.05, 0) is 18.4 Å². The number of carbonyl (C=O) groups is 2. The van der Waals surface area contributed by atoms with Crippen molar-refractivity contribution in [3.8, 4) is 0 Å². The summed E-state index contributed by atoms with van der Waals surface area (Å²) in [6, 6.07) is 9.66. The van der Waals surface area contributed by atoms with Gasteiger partial charge in [-0.2, -0.15) is 5.10 Å². The first kappa shape index (κ1) is 13.1. The van der Waals surface area contributed by atoms with Gasteiger partial charge in [0, 0.05) is 12.1 Å². The normalized spacial score (nSPS) is 23.5. The molecule has 1 aliphatic heterocycles. The van der Waals surface area contributed by atoms with Crippen LogP contribution in [0.25, 0.3) is 0 Å². The van der Waals surface area contributed by atoms with Crippen molar-refractivity contribution in [2.45, 2.75) is 25.3 Å². The molecule has 2 heterocycles. The number of aromatic nitrogens is 2. The summed E-state index contributed by atoms with van der Waals surface area (Å²) >= 11 is 0.